The number of pyridine rings is 1. The molecule has 4 heteroatoms. The summed E-state index contributed by atoms with van der Waals surface area (Å²) in [7, 11) is 2.06. The van der Waals surface area contributed by atoms with Gasteiger partial charge in [-0.2, -0.15) is 0 Å². The van der Waals surface area contributed by atoms with Crippen LogP contribution in [0.4, 0.5) is 0 Å². The van der Waals surface area contributed by atoms with Gasteiger partial charge in [0.2, 0.25) is 0 Å². The van der Waals surface area contributed by atoms with Gasteiger partial charge in [0.15, 0.2) is 0 Å². The largest absolute Gasteiger partial charge is 0.481 e. The van der Waals surface area contributed by atoms with Crippen molar-refractivity contribution in [3.63, 3.8) is 0 Å². The van der Waals surface area contributed by atoms with Gasteiger partial charge in [0, 0.05) is 25.0 Å². The van der Waals surface area contributed by atoms with Crippen molar-refractivity contribution in [2.45, 2.75) is 38.6 Å². The van der Waals surface area contributed by atoms with Crippen LogP contribution in [-0.4, -0.2) is 40.6 Å². The standard InChI is InChI=1S/C16H24N2O2/c1-12-3-4-14(16(19)20)15(11-12)18(2)10-7-13-5-8-17-9-6-13/h5-6,8-9,12,14-15H,3-4,7,10-11H2,1-2H3,(H,19,20). The number of aromatic nitrogens is 1. The van der Waals surface area contributed by atoms with E-state index in [2.05, 4.69) is 23.9 Å². The van der Waals surface area contributed by atoms with Crippen molar-refractivity contribution in [3.05, 3.63) is 30.1 Å². The van der Waals surface area contributed by atoms with E-state index in [1.165, 1.54) is 5.56 Å². The van der Waals surface area contributed by atoms with Crippen molar-refractivity contribution in [3.8, 4) is 0 Å². The third-order valence-electron chi connectivity index (χ3n) is 4.46. The fourth-order valence-corrected chi connectivity index (χ4v) is 3.15. The van der Waals surface area contributed by atoms with Crippen LogP contribution in [0, 0.1) is 11.8 Å². The van der Waals surface area contributed by atoms with Gasteiger partial charge in [-0.1, -0.05) is 6.92 Å². The number of rotatable bonds is 5. The Morgan fingerprint density at radius 1 is 1.40 bits per heavy atom. The van der Waals surface area contributed by atoms with Crippen LogP contribution in [0.2, 0.25) is 0 Å². The van der Waals surface area contributed by atoms with E-state index in [1.54, 1.807) is 12.4 Å². The zero-order valence-corrected chi connectivity index (χ0v) is 12.3. The minimum Gasteiger partial charge on any atom is -0.481 e. The molecule has 0 aromatic carbocycles. The summed E-state index contributed by atoms with van der Waals surface area (Å²) in [6.07, 6.45) is 7.38. The molecule has 4 nitrogen and oxygen atoms in total. The van der Waals surface area contributed by atoms with Crippen LogP contribution in [0.5, 0.6) is 0 Å². The second-order valence-corrected chi connectivity index (χ2v) is 6.02. The van der Waals surface area contributed by atoms with E-state index < -0.39 is 5.97 Å². The normalized spacial score (nSPS) is 26.6. The molecule has 1 heterocycles. The number of likely N-dealkylation sites (N-methyl/N-ethyl adjacent to an activating group) is 1. The second kappa shape index (κ2) is 6.84. The van der Waals surface area contributed by atoms with Crippen molar-refractivity contribution in [1.29, 1.82) is 0 Å². The molecule has 1 aromatic rings. The highest BCUT2D eigenvalue weighted by Gasteiger charge is 2.35. The SMILES string of the molecule is CC1CCC(C(=O)O)C(N(C)CCc2ccncc2)C1. The monoisotopic (exact) mass is 276 g/mol. The molecule has 1 N–H and O–H groups in total. The molecule has 3 atom stereocenters. The molecule has 110 valence electrons. The summed E-state index contributed by atoms with van der Waals surface area (Å²) in [5, 5.41) is 9.39. The summed E-state index contributed by atoms with van der Waals surface area (Å²) < 4.78 is 0. The zero-order chi connectivity index (χ0) is 14.5. The highest BCUT2D eigenvalue weighted by molar-refractivity contribution is 5.71. The maximum absolute atomic E-state index is 11.4. The molecular formula is C16H24N2O2. The first kappa shape index (κ1) is 15.0. The Morgan fingerprint density at radius 2 is 2.10 bits per heavy atom. The topological polar surface area (TPSA) is 53.4 Å². The van der Waals surface area contributed by atoms with E-state index >= 15 is 0 Å². The maximum Gasteiger partial charge on any atom is 0.308 e. The molecule has 20 heavy (non-hydrogen) atoms. The first-order valence-electron chi connectivity index (χ1n) is 7.40. The highest BCUT2D eigenvalue weighted by atomic mass is 16.4. The van der Waals surface area contributed by atoms with Gasteiger partial charge < -0.3 is 10.0 Å². The van der Waals surface area contributed by atoms with E-state index in [-0.39, 0.29) is 12.0 Å². The van der Waals surface area contributed by atoms with Gasteiger partial charge in [-0.3, -0.25) is 9.78 Å². The Kier molecular flexibility index (Phi) is 5.12. The Labute approximate surface area is 120 Å². The molecule has 3 unspecified atom stereocenters. The molecule has 0 bridgehead atoms. The Bertz CT molecular complexity index is 435. The lowest BCUT2D eigenvalue weighted by Gasteiger charge is -2.38. The maximum atomic E-state index is 11.4. The molecule has 0 radical (unpaired) electrons. The van der Waals surface area contributed by atoms with E-state index in [0.29, 0.717) is 5.92 Å². The number of aliphatic carboxylic acids is 1. The lowest BCUT2D eigenvalue weighted by molar-refractivity contribution is -0.145. The van der Waals surface area contributed by atoms with Gasteiger partial charge >= 0.3 is 5.97 Å². The molecule has 0 spiro atoms. The average Bonchev–Trinajstić information content (AvgIpc) is 2.45. The van der Waals surface area contributed by atoms with Gasteiger partial charge in [0.05, 0.1) is 5.92 Å². The fourth-order valence-electron chi connectivity index (χ4n) is 3.15. The molecule has 1 saturated carbocycles. The number of carboxylic acid groups (broad SMARTS) is 1. The van der Waals surface area contributed by atoms with Crippen molar-refractivity contribution in [2.75, 3.05) is 13.6 Å². The van der Waals surface area contributed by atoms with E-state index in [4.69, 9.17) is 0 Å². The zero-order valence-electron chi connectivity index (χ0n) is 12.3. The lowest BCUT2D eigenvalue weighted by atomic mass is 9.78. The predicted octanol–water partition coefficient (Wildman–Crippen LogP) is 2.45. The van der Waals surface area contributed by atoms with E-state index in [0.717, 1.165) is 32.2 Å². The van der Waals surface area contributed by atoms with Crippen LogP contribution in [0.3, 0.4) is 0 Å². The first-order valence-corrected chi connectivity index (χ1v) is 7.40. The van der Waals surface area contributed by atoms with E-state index in [9.17, 15) is 9.90 Å². The van der Waals surface area contributed by atoms with Crippen molar-refractivity contribution < 1.29 is 9.90 Å². The number of carboxylic acids is 1. The molecular weight excluding hydrogens is 252 g/mol. The molecule has 1 fully saturated rings. The minimum atomic E-state index is -0.641. The first-order chi connectivity index (χ1) is 9.58. The highest BCUT2D eigenvalue weighted by Crippen LogP contribution is 2.32. The van der Waals surface area contributed by atoms with Gasteiger partial charge in [0.25, 0.3) is 0 Å². The number of carbonyl (C=O) groups is 1. The molecule has 1 aliphatic carbocycles. The molecule has 1 aliphatic rings. The van der Waals surface area contributed by atoms with Gasteiger partial charge in [-0.25, -0.2) is 0 Å². The molecule has 0 amide bonds. The van der Waals surface area contributed by atoms with Crippen molar-refractivity contribution in [1.82, 2.24) is 9.88 Å². The summed E-state index contributed by atoms with van der Waals surface area (Å²) in [5.74, 6) is -0.231. The molecule has 1 aromatic heterocycles. The third kappa shape index (κ3) is 3.79. The van der Waals surface area contributed by atoms with Crippen LogP contribution < -0.4 is 0 Å². The smallest absolute Gasteiger partial charge is 0.308 e. The lowest BCUT2D eigenvalue weighted by Crippen LogP contribution is -2.45. The van der Waals surface area contributed by atoms with Gasteiger partial charge in [-0.15, -0.1) is 0 Å². The number of hydrogen-bond donors (Lipinski definition) is 1. The molecule has 0 saturated heterocycles. The Hall–Kier alpha value is -1.42. The summed E-state index contributed by atoms with van der Waals surface area (Å²) in [5.41, 5.74) is 1.25. The number of nitrogens with zero attached hydrogens (tertiary/aromatic N) is 2. The van der Waals surface area contributed by atoms with Crippen LogP contribution >= 0.6 is 0 Å². The summed E-state index contributed by atoms with van der Waals surface area (Å²) in [6.45, 7) is 3.12. The fraction of sp³-hybridized carbons (Fsp3) is 0.625. The average molecular weight is 276 g/mol. The van der Waals surface area contributed by atoms with Crippen LogP contribution in [0.1, 0.15) is 31.7 Å². The van der Waals surface area contributed by atoms with Gasteiger partial charge in [0.1, 0.15) is 0 Å². The van der Waals surface area contributed by atoms with Crippen LogP contribution in [-0.2, 0) is 11.2 Å². The third-order valence-corrected chi connectivity index (χ3v) is 4.46. The Balaban J connectivity index is 1.95. The minimum absolute atomic E-state index is 0.165. The molecule has 2 rings (SSSR count). The van der Waals surface area contributed by atoms with Crippen molar-refractivity contribution >= 4 is 5.97 Å². The summed E-state index contributed by atoms with van der Waals surface area (Å²) >= 11 is 0. The second-order valence-electron chi connectivity index (χ2n) is 6.02. The predicted molar refractivity (Wildman–Crippen MR) is 78.5 cm³/mol. The summed E-state index contributed by atoms with van der Waals surface area (Å²) in [4.78, 5) is 17.7. The van der Waals surface area contributed by atoms with Crippen molar-refractivity contribution in [2.24, 2.45) is 11.8 Å². The van der Waals surface area contributed by atoms with Crippen LogP contribution in [0.25, 0.3) is 0 Å². The van der Waals surface area contributed by atoms with Gasteiger partial charge in [-0.05, 0) is 56.3 Å². The van der Waals surface area contributed by atoms with Crippen LogP contribution in [0.15, 0.2) is 24.5 Å². The quantitative estimate of drug-likeness (QED) is 0.897. The number of hydrogen-bond acceptors (Lipinski definition) is 3. The van der Waals surface area contributed by atoms with E-state index in [1.807, 2.05) is 12.1 Å². The Morgan fingerprint density at radius 3 is 2.75 bits per heavy atom. The molecule has 0 aliphatic heterocycles. The summed E-state index contributed by atoms with van der Waals surface area (Å²) in [6, 6.07) is 4.20.